The summed E-state index contributed by atoms with van der Waals surface area (Å²) in [5.74, 6) is 0. The molecule has 0 aliphatic heterocycles. The van der Waals surface area contributed by atoms with Crippen LogP contribution < -0.4 is 5.32 Å². The van der Waals surface area contributed by atoms with Crippen LogP contribution in [0.2, 0.25) is 5.02 Å². The van der Waals surface area contributed by atoms with Crippen LogP contribution in [-0.2, 0) is 6.54 Å². The van der Waals surface area contributed by atoms with Crippen molar-refractivity contribution in [1.82, 2.24) is 4.57 Å². The Bertz CT molecular complexity index is 731. The predicted octanol–water partition coefficient (Wildman–Crippen LogP) is 4.72. The molecule has 1 aromatic heterocycles. The normalized spacial score (nSPS) is 10.9. The zero-order valence-electron chi connectivity index (χ0n) is 11.4. The van der Waals surface area contributed by atoms with Crippen LogP contribution in [0.25, 0.3) is 10.9 Å². The molecule has 2 aromatic carbocycles. The number of para-hydroxylation sites is 1. The Labute approximate surface area is 124 Å². The Kier molecular flexibility index (Phi) is 3.66. The van der Waals surface area contributed by atoms with Crippen LogP contribution in [0.1, 0.15) is 5.56 Å². The monoisotopic (exact) mass is 284 g/mol. The van der Waals surface area contributed by atoms with Crippen molar-refractivity contribution >= 4 is 28.2 Å². The quantitative estimate of drug-likeness (QED) is 0.734. The fourth-order valence-corrected chi connectivity index (χ4v) is 2.63. The predicted molar refractivity (Wildman–Crippen MR) is 86.6 cm³/mol. The first-order valence-electron chi connectivity index (χ1n) is 6.78. The third-order valence-electron chi connectivity index (χ3n) is 3.55. The van der Waals surface area contributed by atoms with Gasteiger partial charge in [0.15, 0.2) is 0 Å². The summed E-state index contributed by atoms with van der Waals surface area (Å²) in [6.07, 6.45) is 2.11. The van der Waals surface area contributed by atoms with Crippen LogP contribution in [0.15, 0.2) is 54.7 Å². The van der Waals surface area contributed by atoms with Gasteiger partial charge in [0.2, 0.25) is 0 Å². The van der Waals surface area contributed by atoms with E-state index in [2.05, 4.69) is 59.4 Å². The van der Waals surface area contributed by atoms with E-state index in [0.29, 0.717) is 0 Å². The highest BCUT2D eigenvalue weighted by atomic mass is 35.5. The molecule has 0 aliphatic rings. The molecule has 20 heavy (non-hydrogen) atoms. The summed E-state index contributed by atoms with van der Waals surface area (Å²) in [7, 11) is 0. The number of nitrogens with zero attached hydrogens (tertiary/aromatic N) is 1. The van der Waals surface area contributed by atoms with Crippen LogP contribution >= 0.6 is 11.6 Å². The van der Waals surface area contributed by atoms with Crippen molar-refractivity contribution < 1.29 is 0 Å². The van der Waals surface area contributed by atoms with E-state index in [0.717, 1.165) is 18.1 Å². The molecule has 2 nitrogen and oxygen atoms in total. The highest BCUT2D eigenvalue weighted by Crippen LogP contribution is 2.20. The van der Waals surface area contributed by atoms with Crippen LogP contribution in [0.5, 0.6) is 0 Å². The summed E-state index contributed by atoms with van der Waals surface area (Å²) in [4.78, 5) is 0. The van der Waals surface area contributed by atoms with E-state index in [-0.39, 0.29) is 0 Å². The number of hydrogen-bond donors (Lipinski definition) is 1. The van der Waals surface area contributed by atoms with Gasteiger partial charge < -0.3 is 9.88 Å². The third kappa shape index (κ3) is 2.66. The van der Waals surface area contributed by atoms with E-state index in [4.69, 9.17) is 11.6 Å². The summed E-state index contributed by atoms with van der Waals surface area (Å²) < 4.78 is 2.25. The molecule has 0 saturated heterocycles. The van der Waals surface area contributed by atoms with Crippen molar-refractivity contribution in [3.63, 3.8) is 0 Å². The lowest BCUT2D eigenvalue weighted by Gasteiger charge is -2.10. The molecule has 0 saturated carbocycles. The van der Waals surface area contributed by atoms with Crippen LogP contribution in [0, 0.1) is 6.92 Å². The summed E-state index contributed by atoms with van der Waals surface area (Å²) in [6.45, 7) is 3.95. The Morgan fingerprint density at radius 3 is 2.80 bits per heavy atom. The number of aromatic nitrogens is 1. The fraction of sp³-hybridized carbons (Fsp3) is 0.176. The number of halogens is 1. The van der Waals surface area contributed by atoms with Gasteiger partial charge in [-0.3, -0.25) is 0 Å². The molecule has 3 rings (SSSR count). The van der Waals surface area contributed by atoms with Gasteiger partial charge in [-0.15, -0.1) is 0 Å². The van der Waals surface area contributed by atoms with Crippen molar-refractivity contribution in [3.05, 3.63) is 65.3 Å². The van der Waals surface area contributed by atoms with Gasteiger partial charge in [-0.1, -0.05) is 29.8 Å². The maximum Gasteiger partial charge on any atom is 0.0481 e. The lowest BCUT2D eigenvalue weighted by atomic mass is 10.2. The molecular weight excluding hydrogens is 268 g/mol. The number of aryl methyl sites for hydroxylation is 1. The lowest BCUT2D eigenvalue weighted by Crippen LogP contribution is -2.10. The van der Waals surface area contributed by atoms with Gasteiger partial charge in [0.1, 0.15) is 0 Å². The first-order valence-corrected chi connectivity index (χ1v) is 7.16. The summed E-state index contributed by atoms with van der Waals surface area (Å²) in [6, 6.07) is 16.5. The molecule has 1 N–H and O–H groups in total. The van der Waals surface area contributed by atoms with E-state index in [1.165, 1.54) is 22.2 Å². The molecular formula is C17H17ClN2. The SMILES string of the molecule is Cc1ccccc1NCCn1ccc2cc(Cl)ccc21. The second kappa shape index (κ2) is 5.59. The van der Waals surface area contributed by atoms with Crippen molar-refractivity contribution in [2.75, 3.05) is 11.9 Å². The van der Waals surface area contributed by atoms with Crippen molar-refractivity contribution in [2.24, 2.45) is 0 Å². The van der Waals surface area contributed by atoms with E-state index in [1.54, 1.807) is 0 Å². The van der Waals surface area contributed by atoms with Gasteiger partial charge in [-0.05, 0) is 42.8 Å². The second-order valence-electron chi connectivity index (χ2n) is 4.95. The second-order valence-corrected chi connectivity index (χ2v) is 5.39. The van der Waals surface area contributed by atoms with Gasteiger partial charge in [-0.2, -0.15) is 0 Å². The fourth-order valence-electron chi connectivity index (χ4n) is 2.45. The number of benzene rings is 2. The molecule has 0 bridgehead atoms. The van der Waals surface area contributed by atoms with Gasteiger partial charge in [0.25, 0.3) is 0 Å². The highest BCUT2D eigenvalue weighted by molar-refractivity contribution is 6.31. The lowest BCUT2D eigenvalue weighted by molar-refractivity contribution is 0.757. The zero-order chi connectivity index (χ0) is 13.9. The topological polar surface area (TPSA) is 17.0 Å². The first kappa shape index (κ1) is 13.1. The Hall–Kier alpha value is -1.93. The maximum absolute atomic E-state index is 6.01. The average Bonchev–Trinajstić information content (AvgIpc) is 2.83. The molecule has 0 radical (unpaired) electrons. The molecule has 0 aliphatic carbocycles. The van der Waals surface area contributed by atoms with Crippen LogP contribution in [0.3, 0.4) is 0 Å². The number of nitrogens with one attached hydrogen (secondary N) is 1. The Balaban J connectivity index is 1.70. The maximum atomic E-state index is 6.01. The van der Waals surface area contributed by atoms with E-state index in [1.807, 2.05) is 12.1 Å². The van der Waals surface area contributed by atoms with Gasteiger partial charge >= 0.3 is 0 Å². The number of rotatable bonds is 4. The molecule has 0 spiro atoms. The minimum absolute atomic E-state index is 0.785. The minimum atomic E-state index is 0.785. The first-order chi connectivity index (χ1) is 9.74. The van der Waals surface area contributed by atoms with Gasteiger partial charge in [-0.25, -0.2) is 0 Å². The molecule has 0 amide bonds. The summed E-state index contributed by atoms with van der Waals surface area (Å²) in [5.41, 5.74) is 3.70. The largest absolute Gasteiger partial charge is 0.383 e. The van der Waals surface area contributed by atoms with Crippen LogP contribution in [-0.4, -0.2) is 11.1 Å². The molecule has 0 unspecified atom stereocenters. The number of hydrogen-bond acceptors (Lipinski definition) is 1. The molecule has 102 valence electrons. The highest BCUT2D eigenvalue weighted by Gasteiger charge is 2.02. The smallest absolute Gasteiger partial charge is 0.0481 e. The zero-order valence-corrected chi connectivity index (χ0v) is 12.2. The Morgan fingerprint density at radius 2 is 1.95 bits per heavy atom. The van der Waals surface area contributed by atoms with Gasteiger partial charge in [0, 0.05) is 40.9 Å². The van der Waals surface area contributed by atoms with E-state index in [9.17, 15) is 0 Å². The van der Waals surface area contributed by atoms with E-state index >= 15 is 0 Å². The molecule has 1 heterocycles. The van der Waals surface area contributed by atoms with Crippen molar-refractivity contribution in [1.29, 1.82) is 0 Å². The standard InChI is InChI=1S/C17H17ClN2/c1-13-4-2-3-5-16(13)19-9-11-20-10-8-14-12-15(18)6-7-17(14)20/h2-8,10,12,19H,9,11H2,1H3. The summed E-state index contributed by atoms with van der Waals surface area (Å²) in [5, 5.41) is 5.45. The third-order valence-corrected chi connectivity index (χ3v) is 3.78. The molecule has 0 atom stereocenters. The molecule has 3 aromatic rings. The van der Waals surface area contributed by atoms with E-state index < -0.39 is 0 Å². The number of fused-ring (bicyclic) bond motifs is 1. The molecule has 3 heteroatoms. The van der Waals surface area contributed by atoms with Crippen molar-refractivity contribution in [3.8, 4) is 0 Å². The van der Waals surface area contributed by atoms with Crippen molar-refractivity contribution in [2.45, 2.75) is 13.5 Å². The number of anilines is 1. The van der Waals surface area contributed by atoms with Gasteiger partial charge in [0.05, 0.1) is 0 Å². The van der Waals surface area contributed by atoms with Crippen LogP contribution in [0.4, 0.5) is 5.69 Å². The Morgan fingerprint density at radius 1 is 1.10 bits per heavy atom. The summed E-state index contributed by atoms with van der Waals surface area (Å²) >= 11 is 6.01. The minimum Gasteiger partial charge on any atom is -0.383 e. The average molecular weight is 285 g/mol. The molecule has 0 fully saturated rings.